The minimum absolute atomic E-state index is 0.0763. The molecule has 0 spiro atoms. The molecule has 2 saturated heterocycles. The van der Waals surface area contributed by atoms with Crippen molar-refractivity contribution in [1.29, 1.82) is 0 Å². The predicted molar refractivity (Wildman–Crippen MR) is 98.7 cm³/mol. The molecule has 2 rings (SSSR count). The highest BCUT2D eigenvalue weighted by Crippen LogP contribution is 2.35. The van der Waals surface area contributed by atoms with Crippen molar-refractivity contribution in [2.45, 2.75) is 56.1 Å². The molecule has 0 aromatic rings. The Morgan fingerprint density at radius 3 is 2.88 bits per heavy atom. The van der Waals surface area contributed by atoms with E-state index in [0.717, 1.165) is 18.6 Å². The van der Waals surface area contributed by atoms with Crippen LogP contribution in [0.15, 0.2) is 0 Å². The Morgan fingerprint density at radius 2 is 2.24 bits per heavy atom. The summed E-state index contributed by atoms with van der Waals surface area (Å²) < 4.78 is 5.12. The Balaban J connectivity index is 2.11. The van der Waals surface area contributed by atoms with Crippen molar-refractivity contribution < 1.29 is 24.2 Å². The molecule has 2 aliphatic rings. The molecule has 0 aromatic carbocycles. The number of nitrogens with zero attached hydrogens (tertiary/aromatic N) is 1. The van der Waals surface area contributed by atoms with Gasteiger partial charge in [0.1, 0.15) is 12.1 Å². The van der Waals surface area contributed by atoms with Gasteiger partial charge in [-0.25, -0.2) is 4.79 Å². The number of carboxylic acids is 1. The molecule has 2 N–H and O–H groups in total. The SMILES string of the molecule is CCOC(=O)C(CCSC)N[C@H]1CCC[C@H]2SC[C@@H](C(=O)O)N2C1=O. The van der Waals surface area contributed by atoms with Crippen molar-refractivity contribution in [2.24, 2.45) is 0 Å². The monoisotopic (exact) mass is 390 g/mol. The summed E-state index contributed by atoms with van der Waals surface area (Å²) in [5, 5.41) is 12.5. The number of rotatable bonds is 8. The lowest BCUT2D eigenvalue weighted by Crippen LogP contribution is -2.55. The van der Waals surface area contributed by atoms with E-state index in [0.29, 0.717) is 25.2 Å². The van der Waals surface area contributed by atoms with Crippen molar-refractivity contribution in [1.82, 2.24) is 10.2 Å². The third-order valence-electron chi connectivity index (χ3n) is 4.46. The van der Waals surface area contributed by atoms with Gasteiger partial charge in [0.05, 0.1) is 18.0 Å². The van der Waals surface area contributed by atoms with Gasteiger partial charge in [-0.1, -0.05) is 0 Å². The Kier molecular flexibility index (Phi) is 7.89. The van der Waals surface area contributed by atoms with Crippen LogP contribution in [0.5, 0.6) is 0 Å². The van der Waals surface area contributed by atoms with Crippen LogP contribution in [0.3, 0.4) is 0 Å². The van der Waals surface area contributed by atoms with Crippen molar-refractivity contribution in [3.05, 3.63) is 0 Å². The molecule has 9 heteroatoms. The van der Waals surface area contributed by atoms with Crippen LogP contribution in [0, 0.1) is 0 Å². The Bertz CT molecular complexity index is 505. The summed E-state index contributed by atoms with van der Waals surface area (Å²) >= 11 is 3.16. The number of aliphatic carboxylic acids is 1. The van der Waals surface area contributed by atoms with Crippen LogP contribution in [0.4, 0.5) is 0 Å². The lowest BCUT2D eigenvalue weighted by molar-refractivity contribution is -0.151. The maximum absolute atomic E-state index is 13.0. The number of fused-ring (bicyclic) bond motifs is 1. The van der Waals surface area contributed by atoms with Crippen LogP contribution in [0.2, 0.25) is 0 Å². The summed E-state index contributed by atoms with van der Waals surface area (Å²) in [5.41, 5.74) is 0. The third kappa shape index (κ3) is 5.04. The maximum Gasteiger partial charge on any atom is 0.327 e. The van der Waals surface area contributed by atoms with E-state index in [4.69, 9.17) is 4.74 Å². The predicted octanol–water partition coefficient (Wildman–Crippen LogP) is 1.17. The van der Waals surface area contributed by atoms with E-state index in [9.17, 15) is 19.5 Å². The zero-order chi connectivity index (χ0) is 18.4. The van der Waals surface area contributed by atoms with E-state index < -0.39 is 24.1 Å². The van der Waals surface area contributed by atoms with Gasteiger partial charge in [-0.3, -0.25) is 14.9 Å². The summed E-state index contributed by atoms with van der Waals surface area (Å²) in [6.45, 7) is 2.05. The second-order valence-electron chi connectivity index (χ2n) is 6.12. The molecule has 0 radical (unpaired) electrons. The first-order chi connectivity index (χ1) is 12.0. The van der Waals surface area contributed by atoms with Gasteiger partial charge in [-0.15, -0.1) is 11.8 Å². The molecule has 4 atom stereocenters. The summed E-state index contributed by atoms with van der Waals surface area (Å²) in [4.78, 5) is 38.1. The molecule has 1 amide bonds. The molecule has 0 saturated carbocycles. The van der Waals surface area contributed by atoms with Gasteiger partial charge in [0, 0.05) is 5.75 Å². The standard InChI is InChI=1S/C16H26N2O5S2/c1-3-23-16(22)11(7-8-24-2)17-10-5-4-6-13-18(14(10)19)12(9-25-13)15(20)21/h10-13,17H,3-9H2,1-2H3,(H,20,21)/t10-,11?,12-,13+/m0/s1. The summed E-state index contributed by atoms with van der Waals surface area (Å²) in [6, 6.07) is -1.87. The number of nitrogens with one attached hydrogen (secondary N) is 1. The topological polar surface area (TPSA) is 95.9 Å². The van der Waals surface area contributed by atoms with E-state index in [1.54, 1.807) is 18.7 Å². The second-order valence-corrected chi connectivity index (χ2v) is 8.32. The molecular formula is C16H26N2O5S2. The smallest absolute Gasteiger partial charge is 0.327 e. The van der Waals surface area contributed by atoms with Gasteiger partial charge in [-0.05, 0) is 44.6 Å². The molecule has 2 fully saturated rings. The largest absolute Gasteiger partial charge is 0.480 e. The summed E-state index contributed by atoms with van der Waals surface area (Å²) in [7, 11) is 0. The Hall–Kier alpha value is -0.930. The maximum atomic E-state index is 13.0. The quantitative estimate of drug-likeness (QED) is 0.596. The Morgan fingerprint density at radius 1 is 1.48 bits per heavy atom. The van der Waals surface area contributed by atoms with Crippen molar-refractivity contribution >= 4 is 41.4 Å². The minimum Gasteiger partial charge on any atom is -0.480 e. The molecule has 2 heterocycles. The zero-order valence-corrected chi connectivity index (χ0v) is 16.2. The number of carbonyl (C=O) groups excluding carboxylic acids is 2. The van der Waals surface area contributed by atoms with Crippen LogP contribution in [0.1, 0.15) is 32.6 Å². The molecule has 2 aliphatic heterocycles. The third-order valence-corrected chi connectivity index (χ3v) is 6.46. The van der Waals surface area contributed by atoms with Gasteiger partial charge in [0.15, 0.2) is 0 Å². The first-order valence-electron chi connectivity index (χ1n) is 8.57. The fraction of sp³-hybridized carbons (Fsp3) is 0.812. The van der Waals surface area contributed by atoms with Crippen molar-refractivity contribution in [2.75, 3.05) is 24.4 Å². The highest BCUT2D eigenvalue weighted by Gasteiger charge is 2.45. The van der Waals surface area contributed by atoms with Gasteiger partial charge < -0.3 is 14.7 Å². The van der Waals surface area contributed by atoms with E-state index in [2.05, 4.69) is 5.32 Å². The molecule has 0 aromatic heterocycles. The van der Waals surface area contributed by atoms with E-state index in [1.807, 2.05) is 6.26 Å². The highest BCUT2D eigenvalue weighted by atomic mass is 32.2. The van der Waals surface area contributed by atoms with Crippen LogP contribution in [0.25, 0.3) is 0 Å². The number of carbonyl (C=O) groups is 3. The first-order valence-corrected chi connectivity index (χ1v) is 11.0. The summed E-state index contributed by atoms with van der Waals surface area (Å²) in [6.07, 6.45) is 4.75. The number of esters is 1. The number of ether oxygens (including phenoxy) is 1. The number of thioether (sulfide) groups is 2. The van der Waals surface area contributed by atoms with E-state index >= 15 is 0 Å². The van der Waals surface area contributed by atoms with E-state index in [-0.39, 0.29) is 17.3 Å². The molecule has 0 aliphatic carbocycles. The molecule has 0 bridgehead atoms. The number of hydrogen-bond acceptors (Lipinski definition) is 7. The molecule has 25 heavy (non-hydrogen) atoms. The number of carboxylic acid groups (broad SMARTS) is 1. The minimum atomic E-state index is -0.965. The lowest BCUT2D eigenvalue weighted by Gasteiger charge is -2.29. The van der Waals surface area contributed by atoms with Gasteiger partial charge >= 0.3 is 11.9 Å². The molecular weight excluding hydrogens is 364 g/mol. The van der Waals surface area contributed by atoms with Crippen LogP contribution >= 0.6 is 23.5 Å². The Labute approximate surface area is 156 Å². The van der Waals surface area contributed by atoms with Crippen LogP contribution in [-0.2, 0) is 19.1 Å². The zero-order valence-electron chi connectivity index (χ0n) is 14.6. The van der Waals surface area contributed by atoms with Gasteiger partial charge in [0.2, 0.25) is 5.91 Å². The van der Waals surface area contributed by atoms with Gasteiger partial charge in [0.25, 0.3) is 0 Å². The summed E-state index contributed by atoms with van der Waals surface area (Å²) in [5.74, 6) is -0.328. The number of hydrogen-bond donors (Lipinski definition) is 2. The molecule has 1 unspecified atom stereocenters. The van der Waals surface area contributed by atoms with Crippen LogP contribution in [-0.4, -0.2) is 75.7 Å². The first kappa shape index (κ1) is 20.4. The lowest BCUT2D eigenvalue weighted by atomic mass is 10.1. The van der Waals surface area contributed by atoms with E-state index in [1.165, 1.54) is 16.7 Å². The second kappa shape index (κ2) is 9.68. The number of amides is 1. The fourth-order valence-electron chi connectivity index (χ4n) is 3.22. The van der Waals surface area contributed by atoms with Crippen molar-refractivity contribution in [3.8, 4) is 0 Å². The fourth-order valence-corrected chi connectivity index (χ4v) is 5.14. The van der Waals surface area contributed by atoms with Crippen molar-refractivity contribution in [3.63, 3.8) is 0 Å². The van der Waals surface area contributed by atoms with Crippen LogP contribution < -0.4 is 5.32 Å². The van der Waals surface area contributed by atoms with Gasteiger partial charge in [-0.2, -0.15) is 11.8 Å². The highest BCUT2D eigenvalue weighted by molar-refractivity contribution is 8.00. The molecule has 7 nitrogen and oxygen atoms in total. The average molecular weight is 391 g/mol. The average Bonchev–Trinajstić information content (AvgIpc) is 2.94. The normalized spacial score (nSPS) is 27.5. The molecule has 142 valence electrons.